The lowest BCUT2D eigenvalue weighted by atomic mass is 10.0. The monoisotopic (exact) mass is 355 g/mol. The Morgan fingerprint density at radius 2 is 2.14 bits per heavy atom. The molecule has 1 heterocycles. The van der Waals surface area contributed by atoms with Crippen molar-refractivity contribution in [3.05, 3.63) is 38.3 Å². The van der Waals surface area contributed by atoms with Crippen LogP contribution in [0.2, 0.25) is 0 Å². The van der Waals surface area contributed by atoms with E-state index in [1.54, 1.807) is 12.1 Å². The minimum Gasteiger partial charge on any atom is -0.317 e. The Labute approximate surface area is 134 Å². The molecular weight excluding hydrogens is 334 g/mol. The number of nitrogens with one attached hydrogen (secondary N) is 1. The Balaban J connectivity index is 2.12. The number of rotatable bonds is 6. The Bertz CT molecular complexity index is 490. The maximum Gasteiger partial charge on any atom is 0.283 e. The first-order valence-corrected chi connectivity index (χ1v) is 8.28. The molecule has 1 aliphatic heterocycles. The molecule has 6 heteroatoms. The predicted octanol–water partition coefficient (Wildman–Crippen LogP) is 3.32. The summed E-state index contributed by atoms with van der Waals surface area (Å²) in [7, 11) is 0. The average Bonchev–Trinajstić information content (AvgIpc) is 2.49. The minimum absolute atomic E-state index is 0.147. The van der Waals surface area contributed by atoms with Crippen LogP contribution in [0.4, 0.5) is 5.69 Å². The fourth-order valence-corrected chi connectivity index (χ4v) is 3.27. The third-order valence-corrected chi connectivity index (χ3v) is 4.60. The molecule has 0 bridgehead atoms. The first kappa shape index (κ1) is 16.4. The van der Waals surface area contributed by atoms with Gasteiger partial charge in [-0.15, -0.1) is 0 Å². The fourth-order valence-electron chi connectivity index (χ4n) is 2.88. The number of halogens is 1. The SMILES string of the molecule is CCCN(Cc1ccc(Br)c([N+](=O)[O-])c1)C1CCNCC1. The Morgan fingerprint density at radius 1 is 1.43 bits per heavy atom. The fraction of sp³-hybridized carbons (Fsp3) is 0.600. The molecule has 5 nitrogen and oxygen atoms in total. The lowest BCUT2D eigenvalue weighted by molar-refractivity contribution is -0.385. The van der Waals surface area contributed by atoms with Crippen LogP contribution < -0.4 is 5.32 Å². The average molecular weight is 356 g/mol. The van der Waals surface area contributed by atoms with Gasteiger partial charge in [-0.25, -0.2) is 0 Å². The summed E-state index contributed by atoms with van der Waals surface area (Å²) < 4.78 is 0.542. The van der Waals surface area contributed by atoms with E-state index in [1.165, 1.54) is 0 Å². The molecule has 2 rings (SSSR count). The number of hydrogen-bond acceptors (Lipinski definition) is 4. The number of benzene rings is 1. The Morgan fingerprint density at radius 3 is 2.76 bits per heavy atom. The lowest BCUT2D eigenvalue weighted by Gasteiger charge is -2.34. The highest BCUT2D eigenvalue weighted by Crippen LogP contribution is 2.27. The maximum absolute atomic E-state index is 11.0. The molecule has 1 aromatic rings. The molecule has 116 valence electrons. The van der Waals surface area contributed by atoms with E-state index >= 15 is 0 Å². The summed E-state index contributed by atoms with van der Waals surface area (Å²) in [6.07, 6.45) is 3.40. The first-order valence-electron chi connectivity index (χ1n) is 7.49. The molecule has 1 saturated heterocycles. The maximum atomic E-state index is 11.0. The van der Waals surface area contributed by atoms with Crippen molar-refractivity contribution in [2.24, 2.45) is 0 Å². The van der Waals surface area contributed by atoms with Crippen molar-refractivity contribution < 1.29 is 4.92 Å². The highest BCUT2D eigenvalue weighted by atomic mass is 79.9. The molecule has 0 spiro atoms. The van der Waals surface area contributed by atoms with Gasteiger partial charge >= 0.3 is 0 Å². The predicted molar refractivity (Wildman–Crippen MR) is 87.4 cm³/mol. The number of hydrogen-bond donors (Lipinski definition) is 1. The molecule has 0 aliphatic carbocycles. The van der Waals surface area contributed by atoms with Gasteiger partial charge in [-0.05, 0) is 66.5 Å². The van der Waals surface area contributed by atoms with Crippen molar-refractivity contribution in [3.8, 4) is 0 Å². The summed E-state index contributed by atoms with van der Waals surface area (Å²) in [4.78, 5) is 13.2. The Hall–Kier alpha value is -0.980. The van der Waals surface area contributed by atoms with E-state index in [4.69, 9.17) is 0 Å². The molecule has 0 amide bonds. The summed E-state index contributed by atoms with van der Waals surface area (Å²) in [6, 6.07) is 6.02. The highest BCUT2D eigenvalue weighted by molar-refractivity contribution is 9.10. The molecule has 1 aromatic carbocycles. The van der Waals surface area contributed by atoms with Gasteiger partial charge in [-0.2, -0.15) is 0 Å². The second-order valence-electron chi connectivity index (χ2n) is 5.49. The Kier molecular flexibility index (Phi) is 6.14. The van der Waals surface area contributed by atoms with Gasteiger partial charge in [-0.3, -0.25) is 15.0 Å². The number of nitro benzene ring substituents is 1. The van der Waals surface area contributed by atoms with Crippen LogP contribution in [0.3, 0.4) is 0 Å². The van der Waals surface area contributed by atoms with E-state index in [0.29, 0.717) is 10.5 Å². The molecule has 1 fully saturated rings. The van der Waals surface area contributed by atoms with E-state index < -0.39 is 0 Å². The van der Waals surface area contributed by atoms with Crippen LogP contribution in [-0.2, 0) is 6.54 Å². The van der Waals surface area contributed by atoms with Crippen molar-refractivity contribution in [1.82, 2.24) is 10.2 Å². The third kappa shape index (κ3) is 4.49. The zero-order valence-electron chi connectivity index (χ0n) is 12.3. The quantitative estimate of drug-likeness (QED) is 0.628. The van der Waals surface area contributed by atoms with Gasteiger partial charge in [-0.1, -0.05) is 13.0 Å². The second-order valence-corrected chi connectivity index (χ2v) is 6.35. The van der Waals surface area contributed by atoms with Crippen LogP contribution in [0.15, 0.2) is 22.7 Å². The van der Waals surface area contributed by atoms with Crippen LogP contribution in [-0.4, -0.2) is 35.5 Å². The van der Waals surface area contributed by atoms with Gasteiger partial charge in [0, 0.05) is 18.7 Å². The topological polar surface area (TPSA) is 58.4 Å². The van der Waals surface area contributed by atoms with Crippen molar-refractivity contribution in [2.45, 2.75) is 38.8 Å². The van der Waals surface area contributed by atoms with Crippen molar-refractivity contribution in [2.75, 3.05) is 19.6 Å². The van der Waals surface area contributed by atoms with Crippen LogP contribution in [0, 0.1) is 10.1 Å². The van der Waals surface area contributed by atoms with Crippen LogP contribution >= 0.6 is 15.9 Å². The van der Waals surface area contributed by atoms with Gasteiger partial charge in [0.25, 0.3) is 5.69 Å². The largest absolute Gasteiger partial charge is 0.317 e. The lowest BCUT2D eigenvalue weighted by Crippen LogP contribution is -2.43. The van der Waals surface area contributed by atoms with Gasteiger partial charge in [0.15, 0.2) is 0 Å². The van der Waals surface area contributed by atoms with Gasteiger partial charge in [0.1, 0.15) is 0 Å². The summed E-state index contributed by atoms with van der Waals surface area (Å²) in [5.74, 6) is 0. The van der Waals surface area contributed by atoms with Gasteiger partial charge in [0.05, 0.1) is 9.40 Å². The van der Waals surface area contributed by atoms with Crippen LogP contribution in [0.25, 0.3) is 0 Å². The zero-order valence-corrected chi connectivity index (χ0v) is 13.9. The van der Waals surface area contributed by atoms with Crippen molar-refractivity contribution in [3.63, 3.8) is 0 Å². The first-order chi connectivity index (χ1) is 10.1. The molecule has 0 atom stereocenters. The minimum atomic E-state index is -0.331. The normalized spacial score (nSPS) is 16.3. The second kappa shape index (κ2) is 7.87. The van der Waals surface area contributed by atoms with Crippen LogP contribution in [0.5, 0.6) is 0 Å². The van der Waals surface area contributed by atoms with Gasteiger partial charge in [0.2, 0.25) is 0 Å². The molecule has 0 saturated carbocycles. The summed E-state index contributed by atoms with van der Waals surface area (Å²) in [5.41, 5.74) is 1.16. The smallest absolute Gasteiger partial charge is 0.283 e. The van der Waals surface area contributed by atoms with Crippen molar-refractivity contribution >= 4 is 21.6 Å². The molecule has 1 N–H and O–H groups in total. The molecule has 0 unspecified atom stereocenters. The summed E-state index contributed by atoms with van der Waals surface area (Å²) in [6.45, 7) is 6.12. The summed E-state index contributed by atoms with van der Waals surface area (Å²) in [5, 5.41) is 14.4. The van der Waals surface area contributed by atoms with Crippen molar-refractivity contribution in [1.29, 1.82) is 0 Å². The van der Waals surface area contributed by atoms with E-state index in [2.05, 4.69) is 33.1 Å². The van der Waals surface area contributed by atoms with E-state index in [-0.39, 0.29) is 10.6 Å². The summed E-state index contributed by atoms with van der Waals surface area (Å²) >= 11 is 3.24. The van der Waals surface area contributed by atoms with E-state index in [1.807, 2.05) is 6.07 Å². The zero-order chi connectivity index (χ0) is 15.2. The van der Waals surface area contributed by atoms with E-state index in [0.717, 1.165) is 51.0 Å². The number of piperidine rings is 1. The highest BCUT2D eigenvalue weighted by Gasteiger charge is 2.21. The standard InChI is InChI=1S/C15H22BrN3O2/c1-2-9-18(13-5-7-17-8-6-13)11-12-3-4-14(16)15(10-12)19(20)21/h3-4,10,13,17H,2,5-9,11H2,1H3. The molecule has 21 heavy (non-hydrogen) atoms. The van der Waals surface area contributed by atoms with Crippen LogP contribution in [0.1, 0.15) is 31.7 Å². The third-order valence-electron chi connectivity index (χ3n) is 3.93. The molecular formula is C15H22BrN3O2. The molecule has 1 aliphatic rings. The van der Waals surface area contributed by atoms with E-state index in [9.17, 15) is 10.1 Å². The number of nitrogens with zero attached hydrogens (tertiary/aromatic N) is 2. The van der Waals surface area contributed by atoms with Gasteiger partial charge < -0.3 is 5.32 Å². The molecule has 0 aromatic heterocycles. The molecule has 0 radical (unpaired) electrons. The number of nitro groups is 1.